The van der Waals surface area contributed by atoms with Crippen LogP contribution in [0.3, 0.4) is 0 Å². The van der Waals surface area contributed by atoms with Crippen molar-refractivity contribution in [2.45, 2.75) is 17.9 Å². The quantitative estimate of drug-likeness (QED) is 0.865. The van der Waals surface area contributed by atoms with E-state index in [4.69, 9.17) is 11.6 Å². The lowest BCUT2D eigenvalue weighted by Gasteiger charge is -2.24. The summed E-state index contributed by atoms with van der Waals surface area (Å²) in [6.07, 6.45) is 2.09. The van der Waals surface area contributed by atoms with Gasteiger partial charge in [-0.3, -0.25) is 4.98 Å². The third-order valence-electron chi connectivity index (χ3n) is 3.25. The summed E-state index contributed by atoms with van der Waals surface area (Å²) < 4.78 is 39.3. The van der Waals surface area contributed by atoms with Crippen LogP contribution < -0.4 is 0 Å². The van der Waals surface area contributed by atoms with E-state index in [1.807, 2.05) is 0 Å². The van der Waals surface area contributed by atoms with Crippen LogP contribution in [0, 0.1) is 5.82 Å². The van der Waals surface area contributed by atoms with E-state index in [0.717, 1.165) is 24.0 Å². The minimum Gasteiger partial charge on any atom is -0.260 e. The third-order valence-corrected chi connectivity index (χ3v) is 5.40. The van der Waals surface area contributed by atoms with Gasteiger partial charge >= 0.3 is 0 Å². The highest BCUT2D eigenvalue weighted by atomic mass is 35.5. The summed E-state index contributed by atoms with van der Waals surface area (Å²) in [6.45, 7) is 1.74. The molecule has 0 aliphatic carbocycles. The second-order valence-electron chi connectivity index (χ2n) is 4.59. The first kappa shape index (κ1) is 15.9. The van der Waals surface area contributed by atoms with Gasteiger partial charge in [-0.05, 0) is 30.7 Å². The molecule has 4 nitrogen and oxygen atoms in total. The fraction of sp³-hybridized carbons (Fsp3) is 0.214. The van der Waals surface area contributed by atoms with Crippen molar-refractivity contribution in [1.29, 1.82) is 0 Å². The molecular weight excluding hydrogens is 315 g/mol. The predicted molar refractivity (Wildman–Crippen MR) is 79.0 cm³/mol. The molecule has 0 bridgehead atoms. The van der Waals surface area contributed by atoms with Crippen molar-refractivity contribution < 1.29 is 12.8 Å². The average molecular weight is 329 g/mol. The van der Waals surface area contributed by atoms with Crippen molar-refractivity contribution in [3.63, 3.8) is 0 Å². The molecule has 0 saturated carbocycles. The van der Waals surface area contributed by atoms with Gasteiger partial charge in [-0.2, -0.15) is 4.31 Å². The Labute approximate surface area is 128 Å². The second-order valence-corrected chi connectivity index (χ2v) is 7.02. The second kappa shape index (κ2) is 6.09. The van der Waals surface area contributed by atoms with Gasteiger partial charge in [0.05, 0.1) is 6.20 Å². The summed E-state index contributed by atoms with van der Waals surface area (Å²) in [7, 11) is -2.38. The Bertz CT molecular complexity index is 735. The van der Waals surface area contributed by atoms with Crippen LogP contribution in [0.15, 0.2) is 47.6 Å². The number of sulfonamides is 1. The van der Waals surface area contributed by atoms with Crippen LogP contribution in [0.2, 0.25) is 5.02 Å². The first-order valence-corrected chi connectivity index (χ1v) is 7.98. The molecule has 0 radical (unpaired) electrons. The zero-order valence-corrected chi connectivity index (χ0v) is 13.1. The fourth-order valence-electron chi connectivity index (χ4n) is 1.86. The Morgan fingerprint density at radius 1 is 1.24 bits per heavy atom. The molecule has 0 aliphatic rings. The third kappa shape index (κ3) is 3.40. The van der Waals surface area contributed by atoms with Crippen LogP contribution in [-0.4, -0.2) is 24.8 Å². The number of aromatic nitrogens is 1. The first-order valence-electron chi connectivity index (χ1n) is 6.16. The van der Waals surface area contributed by atoms with Gasteiger partial charge < -0.3 is 0 Å². The number of benzene rings is 1. The Hall–Kier alpha value is -1.50. The van der Waals surface area contributed by atoms with Crippen LogP contribution in [-0.2, 0) is 10.0 Å². The first-order chi connectivity index (χ1) is 9.82. The Morgan fingerprint density at radius 3 is 2.43 bits per heavy atom. The molecule has 0 amide bonds. The zero-order chi connectivity index (χ0) is 15.6. The van der Waals surface area contributed by atoms with Crippen molar-refractivity contribution in [2.75, 3.05) is 7.05 Å². The van der Waals surface area contributed by atoms with Crippen molar-refractivity contribution in [3.05, 3.63) is 59.1 Å². The van der Waals surface area contributed by atoms with Gasteiger partial charge in [0.2, 0.25) is 10.0 Å². The largest absolute Gasteiger partial charge is 0.260 e. The summed E-state index contributed by atoms with van der Waals surface area (Å²) in [6, 6.07) is 7.42. The maximum atomic E-state index is 13.2. The lowest BCUT2D eigenvalue weighted by atomic mass is 10.1. The van der Waals surface area contributed by atoms with Gasteiger partial charge in [0.25, 0.3) is 0 Å². The van der Waals surface area contributed by atoms with Crippen molar-refractivity contribution in [3.8, 4) is 0 Å². The highest BCUT2D eigenvalue weighted by Crippen LogP contribution is 2.26. The molecule has 1 aromatic carbocycles. The summed E-state index contributed by atoms with van der Waals surface area (Å²) in [4.78, 5) is 3.40. The molecule has 2 rings (SSSR count). The van der Waals surface area contributed by atoms with E-state index < -0.39 is 21.9 Å². The highest BCUT2D eigenvalue weighted by molar-refractivity contribution is 7.89. The molecule has 2 aromatic rings. The molecule has 1 aromatic heterocycles. The summed E-state index contributed by atoms with van der Waals surface area (Å²) >= 11 is 5.82. The standard InChI is InChI=1S/C14H14ClFN2O2S/c1-10(11-3-5-12(15)6-4-11)18(2)21(19,20)14-7-13(16)8-17-9-14/h3-10H,1-2H3/t10-/m0/s1. The summed E-state index contributed by atoms with van der Waals surface area (Å²) in [5.74, 6) is -0.691. The topological polar surface area (TPSA) is 50.3 Å². The monoisotopic (exact) mass is 328 g/mol. The molecule has 0 aliphatic heterocycles. The number of nitrogens with zero attached hydrogens (tertiary/aromatic N) is 2. The van der Waals surface area contributed by atoms with Crippen LogP contribution >= 0.6 is 11.6 Å². The Morgan fingerprint density at radius 2 is 1.86 bits per heavy atom. The lowest BCUT2D eigenvalue weighted by molar-refractivity contribution is 0.398. The normalized spacial score (nSPS) is 13.4. The lowest BCUT2D eigenvalue weighted by Crippen LogP contribution is -2.30. The van der Waals surface area contributed by atoms with Crippen molar-refractivity contribution >= 4 is 21.6 Å². The molecule has 1 heterocycles. The van der Waals surface area contributed by atoms with Gasteiger partial charge in [0, 0.05) is 24.3 Å². The molecule has 0 unspecified atom stereocenters. The Balaban J connectivity index is 2.33. The number of rotatable bonds is 4. The van der Waals surface area contributed by atoms with E-state index in [9.17, 15) is 12.8 Å². The molecule has 0 N–H and O–H groups in total. The molecule has 0 spiro atoms. The van der Waals surface area contributed by atoms with E-state index in [0.29, 0.717) is 5.02 Å². The van der Waals surface area contributed by atoms with Gasteiger partial charge in [0.1, 0.15) is 10.7 Å². The minimum atomic E-state index is -3.82. The van der Waals surface area contributed by atoms with Gasteiger partial charge in [0.15, 0.2) is 0 Å². The molecule has 112 valence electrons. The van der Waals surface area contributed by atoms with E-state index in [-0.39, 0.29) is 4.90 Å². The van der Waals surface area contributed by atoms with Gasteiger partial charge in [-0.25, -0.2) is 12.8 Å². The zero-order valence-electron chi connectivity index (χ0n) is 11.5. The van der Waals surface area contributed by atoms with Crippen LogP contribution in [0.4, 0.5) is 4.39 Å². The fourth-order valence-corrected chi connectivity index (χ4v) is 3.31. The van der Waals surface area contributed by atoms with Gasteiger partial charge in [-0.1, -0.05) is 23.7 Å². The molecule has 1 atom stereocenters. The Kier molecular flexibility index (Phi) is 4.61. The molecule has 0 saturated heterocycles. The van der Waals surface area contributed by atoms with Crippen LogP contribution in [0.1, 0.15) is 18.5 Å². The molecule has 7 heteroatoms. The maximum Gasteiger partial charge on any atom is 0.245 e. The average Bonchev–Trinajstić information content (AvgIpc) is 2.46. The summed E-state index contributed by atoms with van der Waals surface area (Å²) in [5, 5.41) is 0.575. The van der Waals surface area contributed by atoms with Crippen molar-refractivity contribution in [1.82, 2.24) is 9.29 Å². The summed E-state index contributed by atoms with van der Waals surface area (Å²) in [5.41, 5.74) is 0.787. The van der Waals surface area contributed by atoms with E-state index in [2.05, 4.69) is 4.98 Å². The maximum absolute atomic E-state index is 13.2. The smallest absolute Gasteiger partial charge is 0.245 e. The number of hydrogen-bond donors (Lipinski definition) is 0. The van der Waals surface area contributed by atoms with E-state index >= 15 is 0 Å². The van der Waals surface area contributed by atoms with Gasteiger partial charge in [-0.15, -0.1) is 0 Å². The molecule has 21 heavy (non-hydrogen) atoms. The highest BCUT2D eigenvalue weighted by Gasteiger charge is 2.26. The van der Waals surface area contributed by atoms with E-state index in [1.54, 1.807) is 31.2 Å². The van der Waals surface area contributed by atoms with E-state index in [1.165, 1.54) is 11.4 Å². The predicted octanol–water partition coefficient (Wildman–Crippen LogP) is 3.26. The SMILES string of the molecule is C[C@@H](c1ccc(Cl)cc1)N(C)S(=O)(=O)c1cncc(F)c1. The minimum absolute atomic E-state index is 0.175. The number of halogens is 2. The number of hydrogen-bond acceptors (Lipinski definition) is 3. The number of pyridine rings is 1. The van der Waals surface area contributed by atoms with Crippen LogP contribution in [0.25, 0.3) is 0 Å². The molecule has 0 fully saturated rings. The van der Waals surface area contributed by atoms with Crippen LogP contribution in [0.5, 0.6) is 0 Å². The molecular formula is C14H14ClFN2O2S. The van der Waals surface area contributed by atoms with Crippen molar-refractivity contribution in [2.24, 2.45) is 0 Å².